The standard InChI is InChI=1S/C3H5BrO/c4-2-1-3-5/h1H,2-3H2. The molecule has 0 saturated carbocycles. The van der Waals surface area contributed by atoms with Crippen LogP contribution in [0.2, 0.25) is 0 Å². The van der Waals surface area contributed by atoms with Gasteiger partial charge < -0.3 is 0 Å². The average molecular weight is 137 g/mol. The molecule has 0 amide bonds. The highest BCUT2D eigenvalue weighted by atomic mass is 79.9. The van der Waals surface area contributed by atoms with Gasteiger partial charge in [-0.2, -0.15) is 0 Å². The van der Waals surface area contributed by atoms with E-state index in [4.69, 9.17) is 0 Å². The van der Waals surface area contributed by atoms with Crippen LogP contribution in [0.5, 0.6) is 0 Å². The predicted octanol–water partition coefficient (Wildman–Crippen LogP) is 1.02. The molecule has 0 saturated heterocycles. The lowest BCUT2D eigenvalue weighted by Crippen LogP contribution is -1.78. The highest BCUT2D eigenvalue weighted by Crippen LogP contribution is 1.80. The molecule has 0 aromatic carbocycles. The van der Waals surface area contributed by atoms with Crippen molar-refractivity contribution in [2.75, 3.05) is 11.9 Å². The molecule has 2 heteroatoms. The lowest BCUT2D eigenvalue weighted by Gasteiger charge is -1.74. The Kier molecular flexibility index (Phi) is 4.83. The minimum atomic E-state index is -0.0781. The van der Waals surface area contributed by atoms with Crippen LogP contribution in [0.3, 0.4) is 0 Å². The Hall–Kier alpha value is 0.440. The molecule has 0 aromatic rings. The average Bonchev–Trinajstić information content (AvgIpc) is 1.41. The van der Waals surface area contributed by atoms with E-state index in [2.05, 4.69) is 15.9 Å². The van der Waals surface area contributed by atoms with Crippen LogP contribution >= 0.6 is 15.9 Å². The second-order valence-electron chi connectivity index (χ2n) is 0.610. The lowest BCUT2D eigenvalue weighted by molar-refractivity contribution is 0.221. The van der Waals surface area contributed by atoms with Gasteiger partial charge in [-0.05, 0) is 0 Å². The van der Waals surface area contributed by atoms with E-state index < -0.39 is 0 Å². The van der Waals surface area contributed by atoms with Crippen LogP contribution in [0.1, 0.15) is 0 Å². The van der Waals surface area contributed by atoms with Crippen molar-refractivity contribution in [3.63, 3.8) is 0 Å². The van der Waals surface area contributed by atoms with Crippen molar-refractivity contribution in [1.29, 1.82) is 0 Å². The Bertz CT molecular complexity index is 14.4. The Morgan fingerprint density at radius 1 is 1.80 bits per heavy atom. The molecule has 0 unspecified atom stereocenters. The first-order valence-corrected chi connectivity index (χ1v) is 2.49. The lowest BCUT2D eigenvalue weighted by atomic mass is 10.5. The van der Waals surface area contributed by atoms with Gasteiger partial charge in [0.25, 0.3) is 0 Å². The van der Waals surface area contributed by atoms with Gasteiger partial charge in [-0.25, -0.2) is 5.11 Å². The van der Waals surface area contributed by atoms with Crippen molar-refractivity contribution in [2.24, 2.45) is 0 Å². The summed E-state index contributed by atoms with van der Waals surface area (Å²) in [6.07, 6.45) is 1.61. The first kappa shape index (κ1) is 5.44. The van der Waals surface area contributed by atoms with Gasteiger partial charge in [0.15, 0.2) is 0 Å². The number of halogens is 1. The van der Waals surface area contributed by atoms with E-state index in [1.165, 1.54) is 0 Å². The SMILES string of the molecule is [O]C[CH]CBr. The summed E-state index contributed by atoms with van der Waals surface area (Å²) in [5.41, 5.74) is 0. The molecule has 0 rings (SSSR count). The molecule has 0 aliphatic carbocycles. The quantitative estimate of drug-likeness (QED) is 0.506. The predicted molar refractivity (Wildman–Crippen MR) is 23.6 cm³/mol. The van der Waals surface area contributed by atoms with Crippen molar-refractivity contribution >= 4 is 15.9 Å². The van der Waals surface area contributed by atoms with Crippen LogP contribution in [0.4, 0.5) is 0 Å². The van der Waals surface area contributed by atoms with Crippen molar-refractivity contribution in [2.45, 2.75) is 0 Å². The highest BCUT2D eigenvalue weighted by molar-refractivity contribution is 9.09. The molecule has 0 aliphatic rings. The second kappa shape index (κ2) is 4.44. The minimum Gasteiger partial charge on any atom is -0.236 e. The topological polar surface area (TPSA) is 19.9 Å². The highest BCUT2D eigenvalue weighted by Gasteiger charge is 1.73. The van der Waals surface area contributed by atoms with Gasteiger partial charge in [0.05, 0.1) is 6.61 Å². The summed E-state index contributed by atoms with van der Waals surface area (Å²) < 4.78 is 0. The third-order valence-corrected chi connectivity index (χ3v) is 0.685. The maximum Gasteiger partial charge on any atom is 0.0862 e. The third kappa shape index (κ3) is 4.44. The maximum atomic E-state index is 9.44. The fraction of sp³-hybridized carbons (Fsp3) is 0.667. The molecule has 0 bridgehead atoms. The molecule has 0 aliphatic heterocycles. The van der Waals surface area contributed by atoms with E-state index in [0.717, 1.165) is 5.33 Å². The minimum absolute atomic E-state index is 0.0781. The zero-order chi connectivity index (χ0) is 4.12. The zero-order valence-electron chi connectivity index (χ0n) is 2.78. The van der Waals surface area contributed by atoms with Gasteiger partial charge in [-0.1, -0.05) is 15.9 Å². The number of rotatable bonds is 2. The first-order chi connectivity index (χ1) is 2.41. The summed E-state index contributed by atoms with van der Waals surface area (Å²) in [6.45, 7) is -0.0781. The number of hydrogen-bond acceptors (Lipinski definition) is 0. The van der Waals surface area contributed by atoms with E-state index in [-0.39, 0.29) is 6.61 Å². The number of hydrogen-bond donors (Lipinski definition) is 0. The molecular formula is C3H5BrO. The Labute approximate surface area is 40.1 Å². The maximum absolute atomic E-state index is 9.44. The fourth-order valence-corrected chi connectivity index (χ4v) is 0.231. The van der Waals surface area contributed by atoms with Gasteiger partial charge in [0.2, 0.25) is 0 Å². The normalized spacial score (nSPS) is 8.40. The van der Waals surface area contributed by atoms with Crippen LogP contribution in [-0.2, 0) is 5.11 Å². The van der Waals surface area contributed by atoms with Crippen molar-refractivity contribution in [3.8, 4) is 0 Å². The molecule has 0 N–H and O–H groups in total. The molecule has 0 aromatic heterocycles. The fourth-order valence-electron chi connectivity index (χ4n) is 0.0445. The smallest absolute Gasteiger partial charge is 0.0862 e. The van der Waals surface area contributed by atoms with Crippen LogP contribution in [0.25, 0.3) is 0 Å². The van der Waals surface area contributed by atoms with Gasteiger partial charge in [0, 0.05) is 11.8 Å². The van der Waals surface area contributed by atoms with Crippen LogP contribution in [0, 0.1) is 6.42 Å². The van der Waals surface area contributed by atoms with E-state index >= 15 is 0 Å². The molecular weight excluding hydrogens is 132 g/mol. The van der Waals surface area contributed by atoms with Gasteiger partial charge in [-0.3, -0.25) is 0 Å². The molecule has 0 heterocycles. The first-order valence-electron chi connectivity index (χ1n) is 1.37. The van der Waals surface area contributed by atoms with Crippen molar-refractivity contribution < 1.29 is 5.11 Å². The van der Waals surface area contributed by atoms with Crippen LogP contribution in [0.15, 0.2) is 0 Å². The third-order valence-electron chi connectivity index (χ3n) is 0.227. The molecule has 0 spiro atoms. The van der Waals surface area contributed by atoms with Gasteiger partial charge >= 0.3 is 0 Å². The van der Waals surface area contributed by atoms with Crippen LogP contribution < -0.4 is 0 Å². The zero-order valence-corrected chi connectivity index (χ0v) is 4.36. The number of alkyl halides is 1. The molecule has 5 heavy (non-hydrogen) atoms. The Morgan fingerprint density at radius 2 is 2.40 bits per heavy atom. The summed E-state index contributed by atoms with van der Waals surface area (Å²) in [7, 11) is 0. The molecule has 2 radical (unpaired) electrons. The van der Waals surface area contributed by atoms with E-state index in [1.54, 1.807) is 6.42 Å². The summed E-state index contributed by atoms with van der Waals surface area (Å²) in [4.78, 5) is 0. The summed E-state index contributed by atoms with van der Waals surface area (Å²) in [6, 6.07) is 0. The molecule has 0 atom stereocenters. The molecule has 30 valence electrons. The molecule has 0 fully saturated rings. The van der Waals surface area contributed by atoms with E-state index in [0.29, 0.717) is 0 Å². The van der Waals surface area contributed by atoms with Crippen LogP contribution in [-0.4, -0.2) is 11.9 Å². The molecule has 1 nitrogen and oxygen atoms in total. The second-order valence-corrected chi connectivity index (χ2v) is 1.26. The largest absolute Gasteiger partial charge is 0.236 e. The van der Waals surface area contributed by atoms with Gasteiger partial charge in [0.1, 0.15) is 0 Å². The van der Waals surface area contributed by atoms with E-state index in [9.17, 15) is 5.11 Å². The summed E-state index contributed by atoms with van der Waals surface area (Å²) >= 11 is 3.05. The van der Waals surface area contributed by atoms with Crippen molar-refractivity contribution in [1.82, 2.24) is 0 Å². The Balaban J connectivity index is 2.19. The monoisotopic (exact) mass is 136 g/mol. The Morgan fingerprint density at radius 3 is 2.40 bits per heavy atom. The van der Waals surface area contributed by atoms with E-state index in [1.807, 2.05) is 0 Å². The summed E-state index contributed by atoms with van der Waals surface area (Å²) in [5.74, 6) is 0. The van der Waals surface area contributed by atoms with Gasteiger partial charge in [-0.15, -0.1) is 0 Å². The summed E-state index contributed by atoms with van der Waals surface area (Å²) in [5, 5.41) is 10.2. The van der Waals surface area contributed by atoms with Crippen molar-refractivity contribution in [3.05, 3.63) is 6.42 Å².